The van der Waals surface area contributed by atoms with Gasteiger partial charge in [-0.1, -0.05) is 5.01 Å². The van der Waals surface area contributed by atoms with Crippen LogP contribution in [0.1, 0.15) is 13.8 Å². The van der Waals surface area contributed by atoms with Gasteiger partial charge in [-0.25, -0.2) is 10.1 Å². The van der Waals surface area contributed by atoms with Crippen molar-refractivity contribution < 1.29 is 24.5 Å². The summed E-state index contributed by atoms with van der Waals surface area (Å²) >= 11 is 0. The minimum Gasteiger partial charge on any atom is -0.482 e. The molecule has 0 N–H and O–H groups in total. The third-order valence-electron chi connectivity index (χ3n) is 2.81. The van der Waals surface area contributed by atoms with Crippen LogP contribution in [0.4, 0.5) is 22.7 Å². The molecule has 0 fully saturated rings. The first-order chi connectivity index (χ1) is 11.2. The van der Waals surface area contributed by atoms with E-state index in [-0.39, 0.29) is 11.6 Å². The van der Waals surface area contributed by atoms with Crippen molar-refractivity contribution in [2.45, 2.75) is 13.8 Å². The molecule has 0 saturated heterocycles. The Bertz CT molecular complexity index is 719. The van der Waals surface area contributed by atoms with Crippen LogP contribution in [0.2, 0.25) is 0 Å². The van der Waals surface area contributed by atoms with E-state index in [0.29, 0.717) is 6.07 Å². The van der Waals surface area contributed by atoms with E-state index < -0.39 is 54.8 Å². The molecule has 24 heavy (non-hydrogen) atoms. The number of hydrazine groups is 1. The highest BCUT2D eigenvalue weighted by Crippen LogP contribution is 2.49. The van der Waals surface area contributed by atoms with E-state index in [4.69, 9.17) is 4.74 Å². The standard InChI is InChI=1S/C10H11N5O9/c1-3-11(15(22)23)8-6(12(16)17)5-7(13(18)19)10(24-4-2)9(8)14(20)21/h5H,3-4H2,1-2H3. The largest absolute Gasteiger partial charge is 0.482 e. The zero-order valence-electron chi connectivity index (χ0n) is 12.4. The molecule has 1 aromatic carbocycles. The van der Waals surface area contributed by atoms with E-state index in [1.807, 2.05) is 0 Å². The number of benzene rings is 1. The van der Waals surface area contributed by atoms with Crippen LogP contribution in [0.3, 0.4) is 0 Å². The van der Waals surface area contributed by atoms with Crippen molar-refractivity contribution in [3.05, 3.63) is 46.5 Å². The molecule has 0 amide bonds. The molecule has 0 unspecified atom stereocenters. The molecule has 0 atom stereocenters. The number of ether oxygens (including phenoxy) is 1. The highest BCUT2D eigenvalue weighted by Gasteiger charge is 2.43. The summed E-state index contributed by atoms with van der Waals surface area (Å²) in [4.78, 5) is 41.2. The maximum atomic E-state index is 11.3. The van der Waals surface area contributed by atoms with E-state index in [1.165, 1.54) is 13.8 Å². The first-order valence-electron chi connectivity index (χ1n) is 6.36. The molecule has 130 valence electrons. The Hall–Kier alpha value is -3.58. The summed E-state index contributed by atoms with van der Waals surface area (Å²) in [6, 6.07) is 0.402. The quantitative estimate of drug-likeness (QED) is 0.496. The molecule has 0 aliphatic heterocycles. The SMILES string of the molecule is CCOc1c([N+](=O)[O-])cc([N+](=O)[O-])c(N(CC)[N+](=O)[O-])c1[N+](=O)[O-]. The van der Waals surface area contributed by atoms with E-state index in [9.17, 15) is 40.5 Å². The van der Waals surface area contributed by atoms with Crippen LogP contribution < -0.4 is 9.75 Å². The lowest BCUT2D eigenvalue weighted by Gasteiger charge is -2.14. The molecule has 0 saturated carbocycles. The fraction of sp³-hybridized carbons (Fsp3) is 0.400. The topological polar surface area (TPSA) is 185 Å². The summed E-state index contributed by atoms with van der Waals surface area (Å²) in [5.41, 5.74) is -4.38. The van der Waals surface area contributed by atoms with Crippen molar-refractivity contribution in [3.8, 4) is 5.75 Å². The maximum Gasteiger partial charge on any atom is 0.354 e. The molecule has 14 heteroatoms. The van der Waals surface area contributed by atoms with Gasteiger partial charge in [0.05, 0.1) is 27.9 Å². The summed E-state index contributed by atoms with van der Waals surface area (Å²) in [6.45, 7) is 1.92. The lowest BCUT2D eigenvalue weighted by atomic mass is 10.1. The van der Waals surface area contributed by atoms with Crippen LogP contribution in [-0.2, 0) is 0 Å². The zero-order chi connectivity index (χ0) is 18.6. The van der Waals surface area contributed by atoms with Gasteiger partial charge in [-0.15, -0.1) is 0 Å². The second-order valence-corrected chi connectivity index (χ2v) is 4.10. The summed E-state index contributed by atoms with van der Waals surface area (Å²) in [6.07, 6.45) is 0. The predicted octanol–water partition coefficient (Wildman–Crippen LogP) is 1.83. The van der Waals surface area contributed by atoms with Crippen LogP contribution in [0, 0.1) is 40.5 Å². The number of hydrogen-bond acceptors (Lipinski definition) is 9. The fourth-order valence-corrected chi connectivity index (χ4v) is 1.95. The first kappa shape index (κ1) is 18.5. The molecule has 1 rings (SSSR count). The monoisotopic (exact) mass is 345 g/mol. The number of hydrogen-bond donors (Lipinski definition) is 0. The molecular formula is C10H11N5O9. The molecule has 0 heterocycles. The summed E-state index contributed by atoms with van der Waals surface area (Å²) in [5, 5.41) is 43.7. The molecule has 0 spiro atoms. The number of rotatable bonds is 8. The van der Waals surface area contributed by atoms with Crippen molar-refractivity contribution in [1.82, 2.24) is 0 Å². The Kier molecular flexibility index (Phi) is 5.48. The first-order valence-corrected chi connectivity index (χ1v) is 6.36. The summed E-state index contributed by atoms with van der Waals surface area (Å²) in [5.74, 6) is -0.881. The minimum atomic E-state index is -1.21. The van der Waals surface area contributed by atoms with Gasteiger partial charge in [0, 0.05) is 0 Å². The third-order valence-corrected chi connectivity index (χ3v) is 2.81. The zero-order valence-corrected chi connectivity index (χ0v) is 12.4. The molecule has 0 aliphatic rings. The lowest BCUT2D eigenvalue weighted by molar-refractivity contribution is -0.497. The highest BCUT2D eigenvalue weighted by molar-refractivity contribution is 5.83. The van der Waals surface area contributed by atoms with Crippen molar-refractivity contribution in [2.24, 2.45) is 0 Å². The van der Waals surface area contributed by atoms with Gasteiger partial charge in [0.2, 0.25) is 0 Å². The average Bonchev–Trinajstić information content (AvgIpc) is 2.46. The average molecular weight is 345 g/mol. The second-order valence-electron chi connectivity index (χ2n) is 4.10. The number of nitro benzene ring substituents is 3. The van der Waals surface area contributed by atoms with E-state index in [1.54, 1.807) is 0 Å². The maximum absolute atomic E-state index is 11.3. The predicted molar refractivity (Wildman–Crippen MR) is 77.6 cm³/mol. The minimum absolute atomic E-state index is 0.155. The number of nitrogens with zero attached hydrogens (tertiary/aromatic N) is 5. The van der Waals surface area contributed by atoms with Gasteiger partial charge in [-0.2, -0.15) is 0 Å². The van der Waals surface area contributed by atoms with Crippen LogP contribution in [0.25, 0.3) is 0 Å². The molecule has 0 radical (unpaired) electrons. The Morgan fingerprint density at radius 2 is 1.50 bits per heavy atom. The molecular weight excluding hydrogens is 334 g/mol. The van der Waals surface area contributed by atoms with Crippen molar-refractivity contribution >= 4 is 22.7 Å². The summed E-state index contributed by atoms with van der Waals surface area (Å²) < 4.78 is 4.89. The number of anilines is 1. The second kappa shape index (κ2) is 7.12. The normalized spacial score (nSPS) is 10.1. The number of nitro groups is 4. The Morgan fingerprint density at radius 1 is 0.958 bits per heavy atom. The molecule has 0 aromatic heterocycles. The van der Waals surface area contributed by atoms with E-state index in [0.717, 1.165) is 0 Å². The third kappa shape index (κ3) is 3.26. The van der Waals surface area contributed by atoms with Crippen LogP contribution >= 0.6 is 0 Å². The van der Waals surface area contributed by atoms with Crippen LogP contribution in [-0.4, -0.2) is 33.0 Å². The van der Waals surface area contributed by atoms with Gasteiger partial charge in [0.15, 0.2) is 5.03 Å². The van der Waals surface area contributed by atoms with Crippen molar-refractivity contribution in [1.29, 1.82) is 0 Å². The van der Waals surface area contributed by atoms with Gasteiger partial charge >= 0.3 is 17.1 Å². The van der Waals surface area contributed by atoms with Crippen LogP contribution in [0.5, 0.6) is 5.75 Å². The molecule has 14 nitrogen and oxygen atoms in total. The van der Waals surface area contributed by atoms with Gasteiger partial charge in [0.1, 0.15) is 6.07 Å². The fourth-order valence-electron chi connectivity index (χ4n) is 1.95. The Morgan fingerprint density at radius 3 is 1.83 bits per heavy atom. The van der Waals surface area contributed by atoms with Crippen molar-refractivity contribution in [3.63, 3.8) is 0 Å². The van der Waals surface area contributed by atoms with Gasteiger partial charge in [-0.05, 0) is 13.8 Å². The van der Waals surface area contributed by atoms with E-state index >= 15 is 0 Å². The Labute approximate surface area is 132 Å². The van der Waals surface area contributed by atoms with E-state index in [2.05, 4.69) is 0 Å². The summed E-state index contributed by atoms with van der Waals surface area (Å²) in [7, 11) is 0. The smallest absolute Gasteiger partial charge is 0.354 e. The molecule has 0 aliphatic carbocycles. The van der Waals surface area contributed by atoms with Crippen molar-refractivity contribution in [2.75, 3.05) is 18.2 Å². The lowest BCUT2D eigenvalue weighted by Crippen LogP contribution is -2.31. The van der Waals surface area contributed by atoms with Crippen LogP contribution in [0.15, 0.2) is 6.07 Å². The molecule has 1 aromatic rings. The Balaban J connectivity index is 4.05. The molecule has 0 bridgehead atoms. The van der Waals surface area contributed by atoms with Gasteiger partial charge in [-0.3, -0.25) is 30.3 Å². The van der Waals surface area contributed by atoms with Gasteiger partial charge < -0.3 is 4.74 Å². The van der Waals surface area contributed by atoms with Gasteiger partial charge in [0.25, 0.3) is 11.4 Å². The highest BCUT2D eigenvalue weighted by atomic mass is 16.7.